The molecule has 0 heterocycles. The van der Waals surface area contributed by atoms with Gasteiger partial charge >= 0.3 is 0 Å². The monoisotopic (exact) mass is 225 g/mol. The van der Waals surface area contributed by atoms with E-state index in [2.05, 4.69) is 19.1 Å². The van der Waals surface area contributed by atoms with Gasteiger partial charge in [0, 0.05) is 23.3 Å². The summed E-state index contributed by atoms with van der Waals surface area (Å²) in [4.78, 5) is 1.25. The Balaban J connectivity index is 2.68. The Hall–Kier alpha value is -0.510. The van der Waals surface area contributed by atoms with E-state index in [9.17, 15) is 0 Å². The zero-order chi connectivity index (χ0) is 11.1. The lowest BCUT2D eigenvalue weighted by Crippen LogP contribution is -2.09. The highest BCUT2D eigenvalue weighted by Crippen LogP contribution is 2.28. The van der Waals surface area contributed by atoms with E-state index >= 15 is 0 Å². The first kappa shape index (κ1) is 12.6. The van der Waals surface area contributed by atoms with Gasteiger partial charge in [-0.25, -0.2) is 0 Å². The summed E-state index contributed by atoms with van der Waals surface area (Å²) in [6.45, 7) is 2.36. The van der Waals surface area contributed by atoms with Crippen molar-refractivity contribution in [2.24, 2.45) is 5.73 Å². The van der Waals surface area contributed by atoms with Crippen LogP contribution >= 0.6 is 11.8 Å². The highest BCUT2D eigenvalue weighted by Gasteiger charge is 2.08. The largest absolute Gasteiger partial charge is 0.396 e. The predicted molar refractivity (Wildman–Crippen MR) is 66.1 cm³/mol. The van der Waals surface area contributed by atoms with Crippen LogP contribution in [0.25, 0.3) is 0 Å². The summed E-state index contributed by atoms with van der Waals surface area (Å²) in [6, 6.07) is 8.39. The molecule has 0 amide bonds. The molecule has 1 unspecified atom stereocenters. The fourth-order valence-electron chi connectivity index (χ4n) is 1.38. The average Bonchev–Trinajstić information content (AvgIpc) is 2.29. The lowest BCUT2D eigenvalue weighted by Gasteiger charge is -2.14. The Morgan fingerprint density at radius 2 is 2.13 bits per heavy atom. The molecule has 3 heteroatoms. The maximum Gasteiger partial charge on any atom is 0.0439 e. The van der Waals surface area contributed by atoms with E-state index in [0.29, 0.717) is 0 Å². The van der Waals surface area contributed by atoms with Crippen LogP contribution in [0.5, 0.6) is 0 Å². The first-order valence-electron chi connectivity index (χ1n) is 5.37. The molecule has 0 aliphatic rings. The molecule has 0 bridgehead atoms. The summed E-state index contributed by atoms with van der Waals surface area (Å²) < 4.78 is 0. The summed E-state index contributed by atoms with van der Waals surface area (Å²) in [5, 5.41) is 8.73. The molecule has 1 atom stereocenters. The minimum atomic E-state index is 0.128. The number of hydrogen-bond donors (Lipinski definition) is 2. The number of hydrogen-bond acceptors (Lipinski definition) is 3. The third-order valence-corrected chi connectivity index (χ3v) is 3.49. The summed E-state index contributed by atoms with van der Waals surface area (Å²) in [5.41, 5.74) is 7.26. The van der Waals surface area contributed by atoms with Crippen LogP contribution in [0.15, 0.2) is 29.2 Å². The SMILES string of the molecule is CCC(N)c1ccccc1SCCCO. The van der Waals surface area contributed by atoms with Gasteiger partial charge in [-0.1, -0.05) is 25.1 Å². The van der Waals surface area contributed by atoms with Crippen molar-refractivity contribution in [2.45, 2.75) is 30.7 Å². The van der Waals surface area contributed by atoms with Gasteiger partial charge in [0.1, 0.15) is 0 Å². The first-order chi connectivity index (χ1) is 7.29. The van der Waals surface area contributed by atoms with Gasteiger partial charge in [-0.15, -0.1) is 11.8 Å². The first-order valence-corrected chi connectivity index (χ1v) is 6.36. The minimum absolute atomic E-state index is 0.128. The van der Waals surface area contributed by atoms with Crippen molar-refractivity contribution in [1.29, 1.82) is 0 Å². The fraction of sp³-hybridized carbons (Fsp3) is 0.500. The Kier molecular flexibility index (Phi) is 5.76. The van der Waals surface area contributed by atoms with Crippen molar-refractivity contribution in [2.75, 3.05) is 12.4 Å². The third kappa shape index (κ3) is 3.86. The van der Waals surface area contributed by atoms with Gasteiger partial charge < -0.3 is 10.8 Å². The topological polar surface area (TPSA) is 46.2 Å². The number of aliphatic hydroxyl groups is 1. The number of thioether (sulfide) groups is 1. The highest BCUT2D eigenvalue weighted by atomic mass is 32.2. The molecule has 0 saturated heterocycles. The van der Waals surface area contributed by atoms with Crippen LogP contribution in [0.2, 0.25) is 0 Å². The maximum atomic E-state index is 8.73. The average molecular weight is 225 g/mol. The van der Waals surface area contributed by atoms with Crippen LogP contribution in [-0.2, 0) is 0 Å². The number of nitrogens with two attached hydrogens (primary N) is 1. The molecule has 2 nitrogen and oxygen atoms in total. The second-order valence-corrected chi connectivity index (χ2v) is 4.61. The van der Waals surface area contributed by atoms with E-state index in [-0.39, 0.29) is 12.6 Å². The molecular weight excluding hydrogens is 206 g/mol. The van der Waals surface area contributed by atoms with Gasteiger partial charge in [0.15, 0.2) is 0 Å². The molecule has 0 radical (unpaired) electrons. The molecule has 0 spiro atoms. The number of benzene rings is 1. The van der Waals surface area contributed by atoms with E-state index < -0.39 is 0 Å². The molecule has 3 N–H and O–H groups in total. The smallest absolute Gasteiger partial charge is 0.0439 e. The van der Waals surface area contributed by atoms with Crippen molar-refractivity contribution in [3.8, 4) is 0 Å². The second-order valence-electron chi connectivity index (χ2n) is 3.48. The summed E-state index contributed by atoms with van der Waals surface area (Å²) in [5.74, 6) is 0.948. The van der Waals surface area contributed by atoms with Gasteiger partial charge in [-0.05, 0) is 24.5 Å². The van der Waals surface area contributed by atoms with E-state index in [4.69, 9.17) is 10.8 Å². The van der Waals surface area contributed by atoms with Gasteiger partial charge in [-0.3, -0.25) is 0 Å². The van der Waals surface area contributed by atoms with Crippen LogP contribution < -0.4 is 5.73 Å². The van der Waals surface area contributed by atoms with Crippen LogP contribution in [0, 0.1) is 0 Å². The molecule has 0 aromatic heterocycles. The Morgan fingerprint density at radius 1 is 1.40 bits per heavy atom. The lowest BCUT2D eigenvalue weighted by atomic mass is 10.1. The Labute approximate surface area is 95.9 Å². The summed E-state index contributed by atoms with van der Waals surface area (Å²) >= 11 is 1.78. The number of rotatable bonds is 6. The van der Waals surface area contributed by atoms with Crippen LogP contribution in [0.4, 0.5) is 0 Å². The zero-order valence-corrected chi connectivity index (χ0v) is 9.96. The maximum absolute atomic E-state index is 8.73. The van der Waals surface area contributed by atoms with Crippen molar-refractivity contribution in [3.05, 3.63) is 29.8 Å². The fourth-order valence-corrected chi connectivity index (χ4v) is 2.44. The highest BCUT2D eigenvalue weighted by molar-refractivity contribution is 7.99. The van der Waals surface area contributed by atoms with Crippen molar-refractivity contribution in [3.63, 3.8) is 0 Å². The van der Waals surface area contributed by atoms with E-state index in [1.165, 1.54) is 10.5 Å². The second kappa shape index (κ2) is 6.88. The Morgan fingerprint density at radius 3 is 2.80 bits per heavy atom. The van der Waals surface area contributed by atoms with E-state index in [1.807, 2.05) is 12.1 Å². The van der Waals surface area contributed by atoms with Crippen LogP contribution in [0.3, 0.4) is 0 Å². The number of aliphatic hydroxyl groups excluding tert-OH is 1. The predicted octanol–water partition coefficient (Wildman–Crippen LogP) is 2.57. The van der Waals surface area contributed by atoms with Crippen molar-refractivity contribution >= 4 is 11.8 Å². The van der Waals surface area contributed by atoms with Crippen LogP contribution in [-0.4, -0.2) is 17.5 Å². The summed E-state index contributed by atoms with van der Waals surface area (Å²) in [6.07, 6.45) is 1.79. The van der Waals surface area contributed by atoms with Gasteiger partial charge in [0.25, 0.3) is 0 Å². The van der Waals surface area contributed by atoms with Gasteiger partial charge in [0.2, 0.25) is 0 Å². The molecule has 0 saturated carbocycles. The molecule has 0 aliphatic carbocycles. The molecule has 0 aliphatic heterocycles. The molecular formula is C12H19NOS. The quantitative estimate of drug-likeness (QED) is 0.578. The molecule has 1 rings (SSSR count). The minimum Gasteiger partial charge on any atom is -0.396 e. The lowest BCUT2D eigenvalue weighted by molar-refractivity contribution is 0.296. The zero-order valence-electron chi connectivity index (χ0n) is 9.15. The molecule has 1 aromatic carbocycles. The van der Waals surface area contributed by atoms with Crippen LogP contribution in [0.1, 0.15) is 31.4 Å². The molecule has 84 valence electrons. The van der Waals surface area contributed by atoms with E-state index in [1.54, 1.807) is 11.8 Å². The molecule has 0 fully saturated rings. The van der Waals surface area contributed by atoms with E-state index in [0.717, 1.165) is 18.6 Å². The molecule has 1 aromatic rings. The Bertz CT molecular complexity index is 291. The summed E-state index contributed by atoms with van der Waals surface area (Å²) in [7, 11) is 0. The normalized spacial score (nSPS) is 12.7. The molecule has 15 heavy (non-hydrogen) atoms. The third-order valence-electron chi connectivity index (χ3n) is 2.32. The van der Waals surface area contributed by atoms with Crippen molar-refractivity contribution in [1.82, 2.24) is 0 Å². The van der Waals surface area contributed by atoms with Gasteiger partial charge in [-0.2, -0.15) is 0 Å². The standard InChI is InChI=1S/C12H19NOS/c1-2-11(13)10-6-3-4-7-12(10)15-9-5-8-14/h3-4,6-7,11,14H,2,5,8-9,13H2,1H3. The van der Waals surface area contributed by atoms with Gasteiger partial charge in [0.05, 0.1) is 0 Å². The van der Waals surface area contributed by atoms with Crippen molar-refractivity contribution < 1.29 is 5.11 Å².